The van der Waals surface area contributed by atoms with Crippen LogP contribution in [0.4, 0.5) is 10.1 Å². The quantitative estimate of drug-likeness (QED) is 0.525. The standard InChI is InChI=1S/C18H17Cl3FNO5S/c1-2-29(26,27)23-13-4-11(3-12(19)8-13)9-28-17-14(20)5-10(6-15(17)21)7-16(22)18(24)25/h3-6,8,16,23H,2,7,9H2,1H3,(H,24,25). The van der Waals surface area contributed by atoms with Crippen LogP contribution in [0.2, 0.25) is 15.1 Å². The molecule has 0 saturated carbocycles. The highest BCUT2D eigenvalue weighted by molar-refractivity contribution is 7.92. The molecule has 2 aromatic rings. The zero-order valence-electron chi connectivity index (χ0n) is 15.1. The first-order valence-corrected chi connectivity index (χ1v) is 11.1. The molecule has 0 aliphatic heterocycles. The molecule has 0 spiro atoms. The summed E-state index contributed by atoms with van der Waals surface area (Å²) in [5.41, 5.74) is 1.15. The van der Waals surface area contributed by atoms with Crippen molar-refractivity contribution >= 4 is 56.5 Å². The van der Waals surface area contributed by atoms with E-state index in [0.29, 0.717) is 16.1 Å². The summed E-state index contributed by atoms with van der Waals surface area (Å²) < 4.78 is 44.9. The number of aliphatic carboxylic acids is 1. The molecule has 0 heterocycles. The molecule has 158 valence electrons. The lowest BCUT2D eigenvalue weighted by Gasteiger charge is -2.14. The predicted octanol–water partition coefficient (Wildman–Crippen LogP) is 4.95. The largest absolute Gasteiger partial charge is 0.486 e. The molecule has 0 amide bonds. The Morgan fingerprint density at radius 2 is 1.76 bits per heavy atom. The van der Waals surface area contributed by atoms with Gasteiger partial charge >= 0.3 is 5.97 Å². The topological polar surface area (TPSA) is 92.7 Å². The first-order valence-electron chi connectivity index (χ1n) is 8.28. The Kier molecular flexibility index (Phi) is 7.99. The summed E-state index contributed by atoms with van der Waals surface area (Å²) in [4.78, 5) is 10.6. The molecule has 0 bridgehead atoms. The molecule has 0 aliphatic carbocycles. The molecule has 1 atom stereocenters. The van der Waals surface area contributed by atoms with Gasteiger partial charge in [0.2, 0.25) is 16.2 Å². The number of hydrogen-bond donors (Lipinski definition) is 2. The third kappa shape index (κ3) is 6.92. The number of alkyl halides is 1. The molecule has 6 nitrogen and oxygen atoms in total. The maximum Gasteiger partial charge on any atom is 0.338 e. The molecule has 29 heavy (non-hydrogen) atoms. The van der Waals surface area contributed by atoms with Crippen molar-refractivity contribution in [2.24, 2.45) is 0 Å². The molecule has 0 saturated heterocycles. The van der Waals surface area contributed by atoms with Crippen LogP contribution < -0.4 is 9.46 Å². The van der Waals surface area contributed by atoms with Crippen molar-refractivity contribution < 1.29 is 27.4 Å². The van der Waals surface area contributed by atoms with E-state index in [0.717, 1.165) is 0 Å². The van der Waals surface area contributed by atoms with Gasteiger partial charge in [0.05, 0.1) is 21.5 Å². The Labute approximate surface area is 182 Å². The molecule has 11 heteroatoms. The van der Waals surface area contributed by atoms with Gasteiger partial charge in [-0.3, -0.25) is 4.72 Å². The van der Waals surface area contributed by atoms with Crippen molar-refractivity contribution in [2.75, 3.05) is 10.5 Å². The average Bonchev–Trinajstić information content (AvgIpc) is 2.60. The average molecular weight is 485 g/mol. The number of nitrogens with one attached hydrogen (secondary N) is 1. The lowest BCUT2D eigenvalue weighted by atomic mass is 10.1. The van der Waals surface area contributed by atoms with Gasteiger partial charge in [-0.2, -0.15) is 0 Å². The number of carboxylic acids is 1. The Balaban J connectivity index is 2.17. The number of carbonyl (C=O) groups is 1. The fourth-order valence-electron chi connectivity index (χ4n) is 2.36. The van der Waals surface area contributed by atoms with Crippen LogP contribution in [0.25, 0.3) is 0 Å². The van der Waals surface area contributed by atoms with Crippen molar-refractivity contribution in [2.45, 2.75) is 26.1 Å². The SMILES string of the molecule is CCS(=O)(=O)Nc1cc(Cl)cc(COc2c(Cl)cc(CC(F)C(=O)O)cc2Cl)c1. The van der Waals surface area contributed by atoms with Gasteiger partial charge in [0, 0.05) is 11.4 Å². The molecule has 1 unspecified atom stereocenters. The van der Waals surface area contributed by atoms with Crippen LogP contribution in [0.5, 0.6) is 5.75 Å². The van der Waals surface area contributed by atoms with Crippen LogP contribution in [-0.2, 0) is 27.8 Å². The number of anilines is 1. The fraction of sp³-hybridized carbons (Fsp3) is 0.278. The number of rotatable bonds is 9. The van der Waals surface area contributed by atoms with E-state index in [9.17, 15) is 17.6 Å². The third-order valence-electron chi connectivity index (χ3n) is 3.74. The van der Waals surface area contributed by atoms with Crippen LogP contribution in [0.15, 0.2) is 30.3 Å². The molecule has 0 aliphatic rings. The van der Waals surface area contributed by atoms with Crippen molar-refractivity contribution in [1.29, 1.82) is 0 Å². The van der Waals surface area contributed by atoms with Crippen molar-refractivity contribution in [3.05, 3.63) is 56.5 Å². The summed E-state index contributed by atoms with van der Waals surface area (Å²) in [5, 5.41) is 9.12. The number of sulfonamides is 1. The number of benzene rings is 2. The van der Waals surface area contributed by atoms with E-state index in [1.165, 1.54) is 25.1 Å². The molecular formula is C18H17Cl3FNO5S. The normalized spacial score (nSPS) is 12.4. The molecule has 2 aromatic carbocycles. The van der Waals surface area contributed by atoms with Gasteiger partial charge in [0.1, 0.15) is 6.61 Å². The second kappa shape index (κ2) is 9.84. The van der Waals surface area contributed by atoms with Crippen LogP contribution in [0, 0.1) is 0 Å². The summed E-state index contributed by atoms with van der Waals surface area (Å²) in [5.74, 6) is -1.55. The molecule has 2 rings (SSSR count). The summed E-state index contributed by atoms with van der Waals surface area (Å²) >= 11 is 18.3. The van der Waals surface area contributed by atoms with Crippen LogP contribution in [0.3, 0.4) is 0 Å². The Hall–Kier alpha value is -1.74. The monoisotopic (exact) mass is 483 g/mol. The van der Waals surface area contributed by atoms with E-state index in [1.807, 2.05) is 0 Å². The molecular weight excluding hydrogens is 468 g/mol. The van der Waals surface area contributed by atoms with Crippen LogP contribution >= 0.6 is 34.8 Å². The van der Waals surface area contributed by atoms with Crippen molar-refractivity contribution in [3.8, 4) is 5.75 Å². The van der Waals surface area contributed by atoms with E-state index in [-0.39, 0.29) is 40.3 Å². The Morgan fingerprint density at radius 1 is 1.14 bits per heavy atom. The highest BCUT2D eigenvalue weighted by Gasteiger charge is 2.19. The lowest BCUT2D eigenvalue weighted by molar-refractivity contribution is -0.142. The van der Waals surface area contributed by atoms with Gasteiger partial charge in [-0.25, -0.2) is 17.6 Å². The summed E-state index contributed by atoms with van der Waals surface area (Å²) in [6, 6.07) is 7.34. The summed E-state index contributed by atoms with van der Waals surface area (Å²) in [6.45, 7) is 1.48. The molecule has 0 aromatic heterocycles. The minimum atomic E-state index is -3.47. The van der Waals surface area contributed by atoms with Gasteiger partial charge in [-0.15, -0.1) is 0 Å². The van der Waals surface area contributed by atoms with Gasteiger partial charge in [0.25, 0.3) is 0 Å². The van der Waals surface area contributed by atoms with Gasteiger partial charge in [0.15, 0.2) is 5.75 Å². The van der Waals surface area contributed by atoms with Gasteiger partial charge in [-0.05, 0) is 48.4 Å². The second-order valence-corrected chi connectivity index (χ2v) is 9.30. The van der Waals surface area contributed by atoms with E-state index in [4.69, 9.17) is 44.6 Å². The minimum Gasteiger partial charge on any atom is -0.486 e. The second-order valence-electron chi connectivity index (χ2n) is 6.04. The maximum absolute atomic E-state index is 13.4. The maximum atomic E-state index is 13.4. The van der Waals surface area contributed by atoms with Gasteiger partial charge in [-0.1, -0.05) is 34.8 Å². The predicted molar refractivity (Wildman–Crippen MR) is 112 cm³/mol. The highest BCUT2D eigenvalue weighted by atomic mass is 35.5. The van der Waals surface area contributed by atoms with Crippen molar-refractivity contribution in [1.82, 2.24) is 0 Å². The number of hydrogen-bond acceptors (Lipinski definition) is 4. The Morgan fingerprint density at radius 3 is 2.31 bits per heavy atom. The molecule has 0 radical (unpaired) electrons. The lowest BCUT2D eigenvalue weighted by Crippen LogP contribution is -2.17. The summed E-state index contributed by atoms with van der Waals surface area (Å²) in [7, 11) is -3.47. The third-order valence-corrected chi connectivity index (χ3v) is 5.82. The number of carboxylic acid groups (broad SMARTS) is 1. The van der Waals surface area contributed by atoms with Crippen molar-refractivity contribution in [3.63, 3.8) is 0 Å². The Bertz CT molecular complexity index is 994. The number of halogens is 4. The van der Waals surface area contributed by atoms with E-state index in [1.54, 1.807) is 12.1 Å². The zero-order valence-corrected chi connectivity index (χ0v) is 18.2. The van der Waals surface area contributed by atoms with Gasteiger partial charge < -0.3 is 9.84 Å². The van der Waals surface area contributed by atoms with E-state index >= 15 is 0 Å². The number of ether oxygens (including phenoxy) is 1. The first-order chi connectivity index (χ1) is 13.5. The van der Waals surface area contributed by atoms with Crippen LogP contribution in [0.1, 0.15) is 18.1 Å². The van der Waals surface area contributed by atoms with Crippen LogP contribution in [-0.4, -0.2) is 31.4 Å². The summed E-state index contributed by atoms with van der Waals surface area (Å²) in [6.07, 6.45) is -2.46. The minimum absolute atomic E-state index is 0.0267. The highest BCUT2D eigenvalue weighted by Crippen LogP contribution is 2.35. The fourth-order valence-corrected chi connectivity index (χ4v) is 3.88. The molecule has 2 N–H and O–H groups in total. The first kappa shape index (κ1) is 23.5. The smallest absolute Gasteiger partial charge is 0.338 e. The zero-order chi connectivity index (χ0) is 21.8. The van der Waals surface area contributed by atoms with E-state index in [2.05, 4.69) is 4.72 Å². The molecule has 0 fully saturated rings. The van der Waals surface area contributed by atoms with E-state index < -0.39 is 22.2 Å².